The Labute approximate surface area is 109 Å². The molecule has 0 aromatic heterocycles. The average molecular weight is 246 g/mol. The lowest BCUT2D eigenvalue weighted by atomic mass is 10.1. The Hall–Kier alpha value is -1.06. The van der Waals surface area contributed by atoms with E-state index in [1.807, 2.05) is 0 Å². The highest BCUT2D eigenvalue weighted by Gasteiger charge is 2.19. The topological polar surface area (TPSA) is 24.5 Å². The van der Waals surface area contributed by atoms with E-state index in [4.69, 9.17) is 4.74 Å². The zero-order valence-electron chi connectivity index (χ0n) is 11.1. The molecular weight excluding hydrogens is 224 g/mol. The lowest BCUT2D eigenvalue weighted by molar-refractivity contribution is 0.141. The fraction of sp³-hybridized carbons (Fsp3) is 0.600. The Morgan fingerprint density at radius 2 is 2.06 bits per heavy atom. The second-order valence-electron chi connectivity index (χ2n) is 5.48. The molecule has 98 valence electrons. The first kappa shape index (κ1) is 12.0. The first-order chi connectivity index (χ1) is 8.81. The van der Waals surface area contributed by atoms with Gasteiger partial charge in [0.1, 0.15) is 11.9 Å². The van der Waals surface area contributed by atoms with E-state index in [0.29, 0.717) is 6.10 Å². The molecule has 3 nitrogen and oxygen atoms in total. The van der Waals surface area contributed by atoms with Crippen molar-refractivity contribution in [3.63, 3.8) is 0 Å². The Morgan fingerprint density at radius 3 is 2.67 bits per heavy atom. The second-order valence-corrected chi connectivity index (χ2v) is 5.48. The molecular formula is C15H22N2O. The minimum absolute atomic E-state index is 0.369. The summed E-state index contributed by atoms with van der Waals surface area (Å²) in [7, 11) is 0. The van der Waals surface area contributed by atoms with Crippen molar-refractivity contribution in [1.82, 2.24) is 10.2 Å². The zero-order valence-corrected chi connectivity index (χ0v) is 11.1. The average Bonchev–Trinajstić information content (AvgIpc) is 2.78. The largest absolute Gasteiger partial charge is 0.487 e. The van der Waals surface area contributed by atoms with Gasteiger partial charge in [-0.2, -0.15) is 0 Å². The van der Waals surface area contributed by atoms with Crippen LogP contribution >= 0.6 is 0 Å². The van der Waals surface area contributed by atoms with Crippen LogP contribution in [0.1, 0.15) is 24.0 Å². The highest BCUT2D eigenvalue weighted by Crippen LogP contribution is 2.22. The highest BCUT2D eigenvalue weighted by molar-refractivity contribution is 5.36. The monoisotopic (exact) mass is 246 g/mol. The normalized spacial score (nSPS) is 20.9. The molecule has 0 bridgehead atoms. The molecule has 3 heteroatoms. The maximum Gasteiger partial charge on any atom is 0.123 e. The van der Waals surface area contributed by atoms with Gasteiger partial charge in [0.15, 0.2) is 0 Å². The van der Waals surface area contributed by atoms with Crippen molar-refractivity contribution >= 4 is 0 Å². The third-order valence-electron chi connectivity index (χ3n) is 3.88. The maximum absolute atomic E-state index is 5.93. The summed E-state index contributed by atoms with van der Waals surface area (Å²) in [4.78, 5) is 2.53. The van der Waals surface area contributed by atoms with E-state index in [0.717, 1.165) is 25.4 Å². The molecule has 2 aliphatic rings. The van der Waals surface area contributed by atoms with Gasteiger partial charge < -0.3 is 10.1 Å². The first-order valence-corrected chi connectivity index (χ1v) is 7.00. The van der Waals surface area contributed by atoms with Gasteiger partial charge in [-0.05, 0) is 50.0 Å². The van der Waals surface area contributed by atoms with E-state index in [-0.39, 0.29) is 0 Å². The molecule has 0 unspecified atom stereocenters. The molecule has 1 N–H and O–H groups in total. The van der Waals surface area contributed by atoms with E-state index in [9.17, 15) is 0 Å². The molecule has 3 rings (SSSR count). The summed E-state index contributed by atoms with van der Waals surface area (Å²) in [5, 5.41) is 3.23. The Kier molecular flexibility index (Phi) is 3.52. The predicted molar refractivity (Wildman–Crippen MR) is 73.0 cm³/mol. The van der Waals surface area contributed by atoms with Crippen molar-refractivity contribution in [2.24, 2.45) is 0 Å². The lowest BCUT2D eigenvalue weighted by Gasteiger charge is -2.28. The molecule has 1 aromatic rings. The second kappa shape index (κ2) is 5.29. The first-order valence-electron chi connectivity index (χ1n) is 7.00. The van der Waals surface area contributed by atoms with E-state index in [1.54, 1.807) is 0 Å². The fourth-order valence-electron chi connectivity index (χ4n) is 2.67. The van der Waals surface area contributed by atoms with Crippen LogP contribution in [-0.2, 0) is 6.54 Å². The molecule has 1 aromatic carbocycles. The molecule has 0 saturated carbocycles. The SMILES string of the molecule is Cc1cc(CN2CCCC2)ccc1OC1CNC1. The minimum Gasteiger partial charge on any atom is -0.487 e. The van der Waals surface area contributed by atoms with Crippen molar-refractivity contribution in [2.75, 3.05) is 26.2 Å². The van der Waals surface area contributed by atoms with E-state index >= 15 is 0 Å². The van der Waals surface area contributed by atoms with Crippen molar-refractivity contribution in [1.29, 1.82) is 0 Å². The highest BCUT2D eigenvalue weighted by atomic mass is 16.5. The molecule has 2 saturated heterocycles. The van der Waals surface area contributed by atoms with E-state index < -0.39 is 0 Å². The summed E-state index contributed by atoms with van der Waals surface area (Å²) in [5.41, 5.74) is 2.67. The number of benzene rings is 1. The van der Waals surface area contributed by atoms with Gasteiger partial charge in [0.2, 0.25) is 0 Å². The number of aryl methyl sites for hydroxylation is 1. The molecule has 2 fully saturated rings. The van der Waals surface area contributed by atoms with Gasteiger partial charge in [-0.1, -0.05) is 12.1 Å². The van der Waals surface area contributed by atoms with Crippen molar-refractivity contribution in [3.8, 4) is 5.75 Å². The number of hydrogen-bond donors (Lipinski definition) is 1. The van der Waals surface area contributed by atoms with Crippen LogP contribution in [-0.4, -0.2) is 37.2 Å². The van der Waals surface area contributed by atoms with Crippen molar-refractivity contribution in [2.45, 2.75) is 32.4 Å². The number of ether oxygens (including phenoxy) is 1. The Balaban J connectivity index is 1.63. The fourth-order valence-corrected chi connectivity index (χ4v) is 2.67. The molecule has 0 radical (unpaired) electrons. The van der Waals surface area contributed by atoms with Gasteiger partial charge in [-0.15, -0.1) is 0 Å². The van der Waals surface area contributed by atoms with Crippen LogP contribution in [0.2, 0.25) is 0 Å². The summed E-state index contributed by atoms with van der Waals surface area (Å²) >= 11 is 0. The lowest BCUT2D eigenvalue weighted by Crippen LogP contribution is -2.50. The molecule has 2 aliphatic heterocycles. The van der Waals surface area contributed by atoms with E-state index in [1.165, 1.54) is 37.1 Å². The predicted octanol–water partition coefficient (Wildman–Crippen LogP) is 1.94. The molecule has 0 spiro atoms. The van der Waals surface area contributed by atoms with Gasteiger partial charge in [-0.3, -0.25) is 4.90 Å². The maximum atomic E-state index is 5.93. The summed E-state index contributed by atoms with van der Waals surface area (Å²) in [6, 6.07) is 6.63. The minimum atomic E-state index is 0.369. The zero-order chi connectivity index (χ0) is 12.4. The summed E-state index contributed by atoms with van der Waals surface area (Å²) in [6.07, 6.45) is 3.08. The Bertz CT molecular complexity index is 409. The van der Waals surface area contributed by atoms with Gasteiger partial charge in [0.25, 0.3) is 0 Å². The smallest absolute Gasteiger partial charge is 0.123 e. The van der Waals surface area contributed by atoms with Gasteiger partial charge >= 0.3 is 0 Å². The van der Waals surface area contributed by atoms with Crippen molar-refractivity contribution < 1.29 is 4.74 Å². The third kappa shape index (κ3) is 2.68. The van der Waals surface area contributed by atoms with Crippen LogP contribution in [0.25, 0.3) is 0 Å². The number of likely N-dealkylation sites (tertiary alicyclic amines) is 1. The quantitative estimate of drug-likeness (QED) is 0.878. The summed E-state index contributed by atoms with van der Waals surface area (Å²) < 4.78 is 5.93. The summed E-state index contributed by atoms with van der Waals surface area (Å²) in [5.74, 6) is 1.05. The molecule has 0 aliphatic carbocycles. The molecule has 0 atom stereocenters. The molecule has 18 heavy (non-hydrogen) atoms. The van der Waals surface area contributed by atoms with Crippen LogP contribution in [0.3, 0.4) is 0 Å². The number of hydrogen-bond acceptors (Lipinski definition) is 3. The van der Waals surface area contributed by atoms with Crippen LogP contribution in [0.4, 0.5) is 0 Å². The molecule has 2 heterocycles. The van der Waals surface area contributed by atoms with Gasteiger partial charge in [0.05, 0.1) is 0 Å². The number of rotatable bonds is 4. The number of nitrogens with zero attached hydrogens (tertiary/aromatic N) is 1. The number of nitrogens with one attached hydrogen (secondary N) is 1. The standard InChI is InChI=1S/C15H22N2O/c1-12-8-13(11-17-6-2-3-7-17)4-5-15(12)18-14-9-16-10-14/h4-5,8,14,16H,2-3,6-7,9-11H2,1H3. The van der Waals surface area contributed by atoms with Gasteiger partial charge in [-0.25, -0.2) is 0 Å². The van der Waals surface area contributed by atoms with E-state index in [2.05, 4.69) is 35.3 Å². The van der Waals surface area contributed by atoms with Crippen molar-refractivity contribution in [3.05, 3.63) is 29.3 Å². The van der Waals surface area contributed by atoms with Crippen LogP contribution in [0, 0.1) is 6.92 Å². The van der Waals surface area contributed by atoms with Gasteiger partial charge in [0, 0.05) is 19.6 Å². The Morgan fingerprint density at radius 1 is 1.28 bits per heavy atom. The van der Waals surface area contributed by atoms with Crippen LogP contribution in [0.5, 0.6) is 5.75 Å². The molecule has 0 amide bonds. The van der Waals surface area contributed by atoms with Crippen LogP contribution in [0.15, 0.2) is 18.2 Å². The summed E-state index contributed by atoms with van der Waals surface area (Å²) in [6.45, 7) is 7.71. The third-order valence-corrected chi connectivity index (χ3v) is 3.88. The van der Waals surface area contributed by atoms with Crippen LogP contribution < -0.4 is 10.1 Å².